The van der Waals surface area contributed by atoms with E-state index in [0.29, 0.717) is 19.6 Å². The average molecular weight is 332 g/mol. The Hall–Kier alpha value is -1.69. The molecule has 24 heavy (non-hydrogen) atoms. The lowest BCUT2D eigenvalue weighted by atomic mass is 10.0. The molecule has 0 aromatic carbocycles. The number of ether oxygens (including phenoxy) is 1. The maximum Gasteiger partial charge on any atom is 0.226 e. The van der Waals surface area contributed by atoms with E-state index in [9.17, 15) is 4.79 Å². The molecule has 1 aliphatic heterocycles. The van der Waals surface area contributed by atoms with Gasteiger partial charge in [-0.25, -0.2) is 9.97 Å². The van der Waals surface area contributed by atoms with Gasteiger partial charge in [-0.2, -0.15) is 0 Å². The molecule has 6 nitrogen and oxygen atoms in total. The fourth-order valence-electron chi connectivity index (χ4n) is 3.62. The van der Waals surface area contributed by atoms with E-state index in [4.69, 9.17) is 4.74 Å². The van der Waals surface area contributed by atoms with Crippen LogP contribution in [0.5, 0.6) is 0 Å². The Labute approximate surface area is 144 Å². The minimum Gasteiger partial charge on any atom is -0.378 e. The molecule has 1 saturated heterocycles. The molecule has 6 heteroatoms. The Kier molecular flexibility index (Phi) is 5.66. The van der Waals surface area contributed by atoms with Crippen LogP contribution in [0, 0.1) is 19.8 Å². The first kappa shape index (κ1) is 17.1. The summed E-state index contributed by atoms with van der Waals surface area (Å²) in [5, 5.41) is 3.03. The number of nitrogens with zero attached hydrogens (tertiary/aromatic N) is 3. The topological polar surface area (TPSA) is 67.3 Å². The van der Waals surface area contributed by atoms with Crippen LogP contribution in [0.3, 0.4) is 0 Å². The first-order valence-electron chi connectivity index (χ1n) is 9.11. The lowest BCUT2D eigenvalue weighted by Crippen LogP contribution is -2.37. The molecule has 0 spiro atoms. The standard InChI is InChI=1S/C18H28N4O2/c1-13-17(21-16(23)8-7-15-5-3-4-6-15)14(2)20-18(19-13)22-9-11-24-12-10-22/h15H,3-12H2,1-2H3,(H,21,23). The maximum atomic E-state index is 12.3. The maximum absolute atomic E-state index is 12.3. The van der Waals surface area contributed by atoms with E-state index < -0.39 is 0 Å². The van der Waals surface area contributed by atoms with Crippen molar-refractivity contribution < 1.29 is 9.53 Å². The SMILES string of the molecule is Cc1nc(N2CCOCC2)nc(C)c1NC(=O)CCC1CCCC1. The zero-order valence-electron chi connectivity index (χ0n) is 14.8. The van der Waals surface area contributed by atoms with Gasteiger partial charge in [0.05, 0.1) is 30.3 Å². The van der Waals surface area contributed by atoms with Crippen LogP contribution in [0.25, 0.3) is 0 Å². The van der Waals surface area contributed by atoms with Crippen molar-refractivity contribution >= 4 is 17.5 Å². The third-order valence-electron chi connectivity index (χ3n) is 5.07. The number of aryl methyl sites for hydroxylation is 2. The van der Waals surface area contributed by atoms with Gasteiger partial charge >= 0.3 is 0 Å². The number of carbonyl (C=O) groups is 1. The van der Waals surface area contributed by atoms with E-state index in [0.717, 1.165) is 48.5 Å². The second-order valence-corrected chi connectivity index (χ2v) is 6.91. The summed E-state index contributed by atoms with van der Waals surface area (Å²) in [6, 6.07) is 0. The summed E-state index contributed by atoms with van der Waals surface area (Å²) >= 11 is 0. The van der Waals surface area contributed by atoms with Gasteiger partial charge in [-0.15, -0.1) is 0 Å². The van der Waals surface area contributed by atoms with E-state index >= 15 is 0 Å². The van der Waals surface area contributed by atoms with Crippen molar-refractivity contribution in [3.05, 3.63) is 11.4 Å². The van der Waals surface area contributed by atoms with Crippen LogP contribution in [0.4, 0.5) is 11.6 Å². The Morgan fingerprint density at radius 3 is 2.42 bits per heavy atom. The monoisotopic (exact) mass is 332 g/mol. The van der Waals surface area contributed by atoms with Crippen LogP contribution in [0.2, 0.25) is 0 Å². The molecule has 1 saturated carbocycles. The summed E-state index contributed by atoms with van der Waals surface area (Å²) in [5.74, 6) is 1.55. The Bertz CT molecular complexity index is 555. The van der Waals surface area contributed by atoms with Crippen molar-refractivity contribution in [1.82, 2.24) is 9.97 Å². The molecular weight excluding hydrogens is 304 g/mol. The van der Waals surface area contributed by atoms with Crippen molar-refractivity contribution in [2.45, 2.75) is 52.4 Å². The number of nitrogens with one attached hydrogen (secondary N) is 1. The third-order valence-corrected chi connectivity index (χ3v) is 5.07. The molecule has 3 rings (SSSR count). The van der Waals surface area contributed by atoms with Crippen LogP contribution in [-0.4, -0.2) is 42.2 Å². The molecule has 0 radical (unpaired) electrons. The van der Waals surface area contributed by atoms with E-state index in [1.54, 1.807) is 0 Å². The first-order valence-corrected chi connectivity index (χ1v) is 9.11. The molecule has 2 aliphatic rings. The van der Waals surface area contributed by atoms with E-state index in [-0.39, 0.29) is 5.91 Å². The summed E-state index contributed by atoms with van der Waals surface area (Å²) in [5.41, 5.74) is 2.43. The average Bonchev–Trinajstić information content (AvgIpc) is 3.10. The molecule has 1 amide bonds. The number of amides is 1. The molecule has 1 aromatic heterocycles. The molecule has 1 N–H and O–H groups in total. The highest BCUT2D eigenvalue weighted by atomic mass is 16.5. The van der Waals surface area contributed by atoms with Crippen LogP contribution < -0.4 is 10.2 Å². The number of hydrogen-bond donors (Lipinski definition) is 1. The van der Waals surface area contributed by atoms with E-state index in [1.165, 1.54) is 25.7 Å². The highest BCUT2D eigenvalue weighted by Crippen LogP contribution is 2.29. The molecule has 1 aliphatic carbocycles. The predicted molar refractivity (Wildman–Crippen MR) is 94.4 cm³/mol. The number of aromatic nitrogens is 2. The van der Waals surface area contributed by atoms with Gasteiger partial charge in [-0.1, -0.05) is 25.7 Å². The Morgan fingerprint density at radius 2 is 1.79 bits per heavy atom. The van der Waals surface area contributed by atoms with Gasteiger partial charge in [-0.3, -0.25) is 4.79 Å². The molecule has 2 heterocycles. The van der Waals surface area contributed by atoms with Gasteiger partial charge in [0.15, 0.2) is 0 Å². The summed E-state index contributed by atoms with van der Waals surface area (Å²) in [7, 11) is 0. The van der Waals surface area contributed by atoms with Gasteiger partial charge in [0.1, 0.15) is 0 Å². The minimum absolute atomic E-state index is 0.0795. The Morgan fingerprint density at radius 1 is 1.17 bits per heavy atom. The van der Waals surface area contributed by atoms with E-state index in [2.05, 4.69) is 20.2 Å². The molecular formula is C18H28N4O2. The smallest absolute Gasteiger partial charge is 0.226 e. The van der Waals surface area contributed by atoms with Crippen LogP contribution >= 0.6 is 0 Å². The molecule has 2 fully saturated rings. The quantitative estimate of drug-likeness (QED) is 0.898. The van der Waals surface area contributed by atoms with Gasteiger partial charge in [-0.05, 0) is 26.2 Å². The van der Waals surface area contributed by atoms with Crippen LogP contribution in [0.15, 0.2) is 0 Å². The zero-order chi connectivity index (χ0) is 16.9. The second kappa shape index (κ2) is 7.92. The van der Waals surface area contributed by atoms with Gasteiger partial charge in [0.2, 0.25) is 11.9 Å². The van der Waals surface area contributed by atoms with Crippen molar-refractivity contribution in [1.29, 1.82) is 0 Å². The summed E-state index contributed by atoms with van der Waals surface area (Å²) in [4.78, 5) is 23.6. The Balaban J connectivity index is 1.61. The number of morpholine rings is 1. The lowest BCUT2D eigenvalue weighted by Gasteiger charge is -2.27. The highest BCUT2D eigenvalue weighted by molar-refractivity contribution is 5.91. The van der Waals surface area contributed by atoms with Crippen molar-refractivity contribution in [3.63, 3.8) is 0 Å². The van der Waals surface area contributed by atoms with Gasteiger partial charge in [0, 0.05) is 19.5 Å². The van der Waals surface area contributed by atoms with Crippen LogP contribution in [-0.2, 0) is 9.53 Å². The normalized spacial score (nSPS) is 18.8. The fourth-order valence-corrected chi connectivity index (χ4v) is 3.62. The molecule has 0 unspecified atom stereocenters. The third kappa shape index (κ3) is 4.23. The molecule has 132 valence electrons. The van der Waals surface area contributed by atoms with Gasteiger partial charge in [0.25, 0.3) is 0 Å². The van der Waals surface area contributed by atoms with Crippen molar-refractivity contribution in [3.8, 4) is 0 Å². The number of anilines is 2. The number of rotatable bonds is 5. The molecule has 0 bridgehead atoms. The fraction of sp³-hybridized carbons (Fsp3) is 0.722. The van der Waals surface area contributed by atoms with Crippen LogP contribution in [0.1, 0.15) is 49.9 Å². The first-order chi connectivity index (χ1) is 11.6. The molecule has 0 atom stereocenters. The van der Waals surface area contributed by atoms with Gasteiger partial charge < -0.3 is 15.0 Å². The number of hydrogen-bond acceptors (Lipinski definition) is 5. The lowest BCUT2D eigenvalue weighted by molar-refractivity contribution is -0.116. The number of carbonyl (C=O) groups excluding carboxylic acids is 1. The second-order valence-electron chi connectivity index (χ2n) is 6.91. The van der Waals surface area contributed by atoms with Crippen molar-refractivity contribution in [2.75, 3.05) is 36.5 Å². The minimum atomic E-state index is 0.0795. The largest absolute Gasteiger partial charge is 0.378 e. The highest BCUT2D eigenvalue weighted by Gasteiger charge is 2.19. The predicted octanol–water partition coefficient (Wildman–Crippen LogP) is 2.84. The summed E-state index contributed by atoms with van der Waals surface area (Å²) in [6.07, 6.45) is 6.79. The molecule has 1 aromatic rings. The van der Waals surface area contributed by atoms with Crippen molar-refractivity contribution in [2.24, 2.45) is 5.92 Å². The zero-order valence-corrected chi connectivity index (χ0v) is 14.8. The summed E-state index contributed by atoms with van der Waals surface area (Å²) < 4.78 is 5.37. The van der Waals surface area contributed by atoms with E-state index in [1.807, 2.05) is 13.8 Å². The summed E-state index contributed by atoms with van der Waals surface area (Å²) in [6.45, 7) is 6.91.